The second-order valence-corrected chi connectivity index (χ2v) is 6.65. The van der Waals surface area contributed by atoms with Crippen molar-refractivity contribution in [3.8, 4) is 0 Å². The first-order valence-corrected chi connectivity index (χ1v) is 8.57. The molecule has 0 amide bonds. The van der Waals surface area contributed by atoms with Crippen LogP contribution in [0.3, 0.4) is 0 Å². The van der Waals surface area contributed by atoms with Gasteiger partial charge in [0.05, 0.1) is 0 Å². The van der Waals surface area contributed by atoms with Gasteiger partial charge in [-0.15, -0.1) is 0 Å². The lowest BCUT2D eigenvalue weighted by Crippen LogP contribution is -2.32. The van der Waals surface area contributed by atoms with Crippen LogP contribution in [0.15, 0.2) is 40.9 Å². The first kappa shape index (κ1) is 15.0. The summed E-state index contributed by atoms with van der Waals surface area (Å²) < 4.78 is 6.65. The molecule has 1 aliphatic rings. The molecule has 1 aliphatic heterocycles. The van der Waals surface area contributed by atoms with Gasteiger partial charge in [-0.2, -0.15) is 0 Å². The highest BCUT2D eigenvalue weighted by Gasteiger charge is 2.24. The fourth-order valence-electron chi connectivity index (χ4n) is 3.25. The lowest BCUT2D eigenvalue weighted by molar-refractivity contribution is 0.0538. The van der Waals surface area contributed by atoms with Gasteiger partial charge in [-0.1, -0.05) is 41.1 Å². The number of nitrogens with one attached hydrogen (secondary N) is 1. The Morgan fingerprint density at radius 3 is 2.62 bits per heavy atom. The van der Waals surface area contributed by atoms with Crippen LogP contribution in [0, 0.1) is 5.92 Å². The molecule has 2 aromatic carbocycles. The average Bonchev–Trinajstić information content (AvgIpc) is 2.53. The minimum absolute atomic E-state index is 0.437. The van der Waals surface area contributed by atoms with Crippen LogP contribution in [0.5, 0.6) is 0 Å². The molecule has 112 valence electrons. The van der Waals surface area contributed by atoms with Crippen molar-refractivity contribution in [3.05, 3.63) is 46.4 Å². The first-order valence-electron chi connectivity index (χ1n) is 7.78. The van der Waals surface area contributed by atoms with E-state index in [-0.39, 0.29) is 0 Å². The maximum absolute atomic E-state index is 5.51. The zero-order valence-corrected chi connectivity index (χ0v) is 14.0. The van der Waals surface area contributed by atoms with Crippen LogP contribution in [0.1, 0.15) is 31.4 Å². The molecule has 2 aromatic rings. The summed E-state index contributed by atoms with van der Waals surface area (Å²) in [7, 11) is 0. The standard InChI is InChI=1S/C18H22BrNO/c1-2-20-18(13-7-9-21-10-8-13)16-4-3-15-12-17(19)6-5-14(15)11-16/h3-6,11-13,18,20H,2,7-10H2,1H3. The van der Waals surface area contributed by atoms with Crippen LogP contribution in [0.2, 0.25) is 0 Å². The van der Waals surface area contributed by atoms with Gasteiger partial charge >= 0.3 is 0 Å². The number of halogens is 1. The number of hydrogen-bond donors (Lipinski definition) is 1. The van der Waals surface area contributed by atoms with Gasteiger partial charge in [0, 0.05) is 23.7 Å². The first-order chi connectivity index (χ1) is 10.3. The van der Waals surface area contributed by atoms with E-state index in [0.29, 0.717) is 12.0 Å². The number of benzene rings is 2. The van der Waals surface area contributed by atoms with Gasteiger partial charge in [0.15, 0.2) is 0 Å². The Balaban J connectivity index is 1.92. The second kappa shape index (κ2) is 6.91. The smallest absolute Gasteiger partial charge is 0.0469 e. The Bertz CT molecular complexity index is 607. The van der Waals surface area contributed by atoms with E-state index in [4.69, 9.17) is 4.74 Å². The van der Waals surface area contributed by atoms with Gasteiger partial charge < -0.3 is 10.1 Å². The Labute approximate surface area is 135 Å². The largest absolute Gasteiger partial charge is 0.381 e. The topological polar surface area (TPSA) is 21.3 Å². The van der Waals surface area contributed by atoms with Gasteiger partial charge in [0.1, 0.15) is 0 Å². The van der Waals surface area contributed by atoms with Crippen molar-refractivity contribution in [1.82, 2.24) is 5.32 Å². The lowest BCUT2D eigenvalue weighted by atomic mass is 9.86. The Morgan fingerprint density at radius 2 is 1.86 bits per heavy atom. The molecular weight excluding hydrogens is 326 g/mol. The van der Waals surface area contributed by atoms with E-state index < -0.39 is 0 Å². The summed E-state index contributed by atoms with van der Waals surface area (Å²) in [6.45, 7) is 4.98. The van der Waals surface area contributed by atoms with Crippen molar-refractivity contribution in [2.75, 3.05) is 19.8 Å². The van der Waals surface area contributed by atoms with Crippen LogP contribution >= 0.6 is 15.9 Å². The minimum Gasteiger partial charge on any atom is -0.381 e. The minimum atomic E-state index is 0.437. The predicted octanol–water partition coefficient (Wildman–Crippen LogP) is 4.68. The third kappa shape index (κ3) is 3.47. The van der Waals surface area contributed by atoms with Crippen LogP contribution < -0.4 is 5.32 Å². The highest BCUT2D eigenvalue weighted by Crippen LogP contribution is 2.32. The lowest BCUT2D eigenvalue weighted by Gasteiger charge is -2.31. The van der Waals surface area contributed by atoms with Crippen molar-refractivity contribution in [2.24, 2.45) is 5.92 Å². The Kier molecular flexibility index (Phi) is 4.94. The van der Waals surface area contributed by atoms with E-state index in [1.807, 2.05) is 0 Å². The van der Waals surface area contributed by atoms with Crippen molar-refractivity contribution in [2.45, 2.75) is 25.8 Å². The van der Waals surface area contributed by atoms with Gasteiger partial charge in [-0.3, -0.25) is 0 Å². The van der Waals surface area contributed by atoms with Crippen molar-refractivity contribution >= 4 is 26.7 Å². The fraction of sp³-hybridized carbons (Fsp3) is 0.444. The van der Waals surface area contributed by atoms with Gasteiger partial charge in [-0.25, -0.2) is 0 Å². The molecule has 0 bridgehead atoms. The molecule has 0 spiro atoms. The molecule has 1 heterocycles. The molecule has 1 fully saturated rings. The molecule has 1 atom stereocenters. The zero-order chi connectivity index (χ0) is 14.7. The van der Waals surface area contributed by atoms with E-state index in [1.165, 1.54) is 16.3 Å². The molecular formula is C18H22BrNO. The molecule has 2 nitrogen and oxygen atoms in total. The monoisotopic (exact) mass is 347 g/mol. The molecule has 1 unspecified atom stereocenters. The molecule has 1 saturated heterocycles. The molecule has 1 N–H and O–H groups in total. The van der Waals surface area contributed by atoms with Crippen LogP contribution in [0.4, 0.5) is 0 Å². The normalized spacial score (nSPS) is 18.0. The van der Waals surface area contributed by atoms with Crippen LogP contribution in [-0.4, -0.2) is 19.8 Å². The highest BCUT2D eigenvalue weighted by atomic mass is 79.9. The van der Waals surface area contributed by atoms with Crippen molar-refractivity contribution < 1.29 is 4.74 Å². The molecule has 0 radical (unpaired) electrons. The third-order valence-electron chi connectivity index (χ3n) is 4.35. The summed E-state index contributed by atoms with van der Waals surface area (Å²) in [4.78, 5) is 0. The molecule has 0 saturated carbocycles. The molecule has 0 aliphatic carbocycles. The summed E-state index contributed by atoms with van der Waals surface area (Å²) >= 11 is 3.54. The number of fused-ring (bicyclic) bond motifs is 1. The number of rotatable bonds is 4. The van der Waals surface area contributed by atoms with E-state index in [1.54, 1.807) is 0 Å². The Morgan fingerprint density at radius 1 is 1.14 bits per heavy atom. The SMILES string of the molecule is CCNC(c1ccc2cc(Br)ccc2c1)C1CCOCC1. The second-order valence-electron chi connectivity index (χ2n) is 5.74. The number of hydrogen-bond acceptors (Lipinski definition) is 2. The third-order valence-corrected chi connectivity index (χ3v) is 4.84. The molecule has 3 heteroatoms. The summed E-state index contributed by atoms with van der Waals surface area (Å²) in [5, 5.41) is 6.28. The summed E-state index contributed by atoms with van der Waals surface area (Å²) in [6, 6.07) is 13.8. The fourth-order valence-corrected chi connectivity index (χ4v) is 3.63. The van der Waals surface area contributed by atoms with E-state index >= 15 is 0 Å². The Hall–Kier alpha value is -0.900. The summed E-state index contributed by atoms with van der Waals surface area (Å²) in [6.07, 6.45) is 2.30. The van der Waals surface area contributed by atoms with Gasteiger partial charge in [0.2, 0.25) is 0 Å². The average molecular weight is 348 g/mol. The predicted molar refractivity (Wildman–Crippen MR) is 91.6 cm³/mol. The summed E-state index contributed by atoms with van der Waals surface area (Å²) in [5.74, 6) is 0.673. The quantitative estimate of drug-likeness (QED) is 0.866. The highest BCUT2D eigenvalue weighted by molar-refractivity contribution is 9.10. The number of ether oxygens (including phenoxy) is 1. The zero-order valence-electron chi connectivity index (χ0n) is 12.4. The van der Waals surface area contributed by atoms with Crippen LogP contribution in [0.25, 0.3) is 10.8 Å². The van der Waals surface area contributed by atoms with Crippen molar-refractivity contribution in [1.29, 1.82) is 0 Å². The van der Waals surface area contributed by atoms with Crippen molar-refractivity contribution in [3.63, 3.8) is 0 Å². The maximum atomic E-state index is 5.51. The molecule has 21 heavy (non-hydrogen) atoms. The molecule has 0 aromatic heterocycles. The summed E-state index contributed by atoms with van der Waals surface area (Å²) in [5.41, 5.74) is 1.40. The van der Waals surface area contributed by atoms with E-state index in [9.17, 15) is 0 Å². The van der Waals surface area contributed by atoms with Gasteiger partial charge in [-0.05, 0) is 59.8 Å². The maximum Gasteiger partial charge on any atom is 0.0469 e. The van der Waals surface area contributed by atoms with Crippen LogP contribution in [-0.2, 0) is 4.74 Å². The van der Waals surface area contributed by atoms with E-state index in [0.717, 1.165) is 37.1 Å². The van der Waals surface area contributed by atoms with Gasteiger partial charge in [0.25, 0.3) is 0 Å². The molecule has 3 rings (SSSR count). The van der Waals surface area contributed by atoms with E-state index in [2.05, 4.69) is 64.6 Å².